The summed E-state index contributed by atoms with van der Waals surface area (Å²) in [5.74, 6) is -3.16. The smallest absolute Gasteiger partial charge is 0.480 e. The van der Waals surface area contributed by atoms with Crippen LogP contribution >= 0.6 is 0 Å². The highest BCUT2D eigenvalue weighted by molar-refractivity contribution is 5.75. The first-order valence-corrected chi connectivity index (χ1v) is 13.4. The highest BCUT2D eigenvalue weighted by atomic mass is 16.8. The molecule has 0 radical (unpaired) electrons. The molecule has 40 heavy (non-hydrogen) atoms. The van der Waals surface area contributed by atoms with Gasteiger partial charge in [0.2, 0.25) is 0 Å². The molecule has 0 aliphatic carbocycles. The van der Waals surface area contributed by atoms with Gasteiger partial charge in [-0.25, -0.2) is 14.4 Å². The van der Waals surface area contributed by atoms with Crippen LogP contribution in [0.4, 0.5) is 14.4 Å². The van der Waals surface area contributed by atoms with Crippen LogP contribution in [0.3, 0.4) is 0 Å². The second kappa shape index (κ2) is 16.5. The van der Waals surface area contributed by atoms with Gasteiger partial charge in [-0.3, -0.25) is 4.79 Å². The minimum absolute atomic E-state index is 0.00455. The van der Waals surface area contributed by atoms with Crippen molar-refractivity contribution in [3.63, 3.8) is 0 Å². The van der Waals surface area contributed by atoms with Gasteiger partial charge in [0.1, 0.15) is 18.2 Å². The third kappa shape index (κ3) is 11.3. The van der Waals surface area contributed by atoms with E-state index in [9.17, 15) is 24.3 Å². The van der Waals surface area contributed by atoms with E-state index in [4.69, 9.17) is 34.2 Å². The first-order chi connectivity index (χ1) is 18.7. The zero-order chi connectivity index (χ0) is 30.6. The SMILES string of the molecule is CCCOC(=O)OCC(C)C(c1ccc(OC(=O)OC(C)C(C)C)c(OC(=O)OC(C)C(C)C)c1)[C@H](N)C(=O)O. The second-order valence-corrected chi connectivity index (χ2v) is 10.3. The number of hydrogen-bond donors (Lipinski definition) is 2. The Bertz CT molecular complexity index is 994. The van der Waals surface area contributed by atoms with Crippen LogP contribution in [0.2, 0.25) is 0 Å². The van der Waals surface area contributed by atoms with Crippen LogP contribution in [0.5, 0.6) is 11.5 Å². The first-order valence-electron chi connectivity index (χ1n) is 13.4. The number of carbonyl (C=O) groups excluding carboxylic acids is 3. The molecule has 0 amide bonds. The molecule has 0 fully saturated rings. The highest BCUT2D eigenvalue weighted by Gasteiger charge is 2.33. The Labute approximate surface area is 235 Å². The second-order valence-electron chi connectivity index (χ2n) is 10.3. The number of aliphatic carboxylic acids is 1. The van der Waals surface area contributed by atoms with E-state index in [2.05, 4.69) is 0 Å². The maximum Gasteiger partial charge on any atom is 0.514 e. The summed E-state index contributed by atoms with van der Waals surface area (Å²) < 4.78 is 31.3. The molecule has 0 bridgehead atoms. The average molecular weight is 570 g/mol. The van der Waals surface area contributed by atoms with Crippen LogP contribution in [-0.4, -0.2) is 61.0 Å². The lowest BCUT2D eigenvalue weighted by molar-refractivity contribution is -0.139. The zero-order valence-corrected chi connectivity index (χ0v) is 24.5. The lowest BCUT2D eigenvalue weighted by Crippen LogP contribution is -2.40. The van der Waals surface area contributed by atoms with E-state index < -0.39 is 54.5 Å². The van der Waals surface area contributed by atoms with Crippen LogP contribution in [-0.2, 0) is 23.7 Å². The topological polar surface area (TPSA) is 170 Å². The van der Waals surface area contributed by atoms with E-state index in [1.165, 1.54) is 18.2 Å². The average Bonchev–Trinajstić information content (AvgIpc) is 2.87. The first kappa shape index (κ1) is 34.5. The van der Waals surface area contributed by atoms with Gasteiger partial charge in [0.05, 0.1) is 13.2 Å². The number of carboxylic acid groups (broad SMARTS) is 1. The van der Waals surface area contributed by atoms with Gasteiger partial charge in [-0.05, 0) is 55.7 Å². The maximum atomic E-state index is 12.5. The molecule has 12 heteroatoms. The van der Waals surface area contributed by atoms with Gasteiger partial charge >= 0.3 is 24.4 Å². The molecule has 3 N–H and O–H groups in total. The Morgan fingerprint density at radius 2 is 1.32 bits per heavy atom. The molecular weight excluding hydrogens is 526 g/mol. The fourth-order valence-electron chi connectivity index (χ4n) is 3.27. The lowest BCUT2D eigenvalue weighted by atomic mass is 9.82. The van der Waals surface area contributed by atoms with Crippen molar-refractivity contribution in [1.82, 2.24) is 0 Å². The van der Waals surface area contributed by atoms with E-state index in [0.29, 0.717) is 12.0 Å². The minimum atomic E-state index is -1.42. The van der Waals surface area contributed by atoms with Crippen molar-refractivity contribution in [3.05, 3.63) is 23.8 Å². The van der Waals surface area contributed by atoms with Crippen molar-refractivity contribution >= 4 is 24.4 Å². The molecule has 0 saturated carbocycles. The maximum absolute atomic E-state index is 12.5. The molecule has 0 spiro atoms. The van der Waals surface area contributed by atoms with E-state index in [-0.39, 0.29) is 36.5 Å². The van der Waals surface area contributed by atoms with E-state index in [0.717, 1.165) is 0 Å². The van der Waals surface area contributed by atoms with Crippen LogP contribution < -0.4 is 15.2 Å². The quantitative estimate of drug-likeness (QED) is 0.164. The lowest BCUT2D eigenvalue weighted by Gasteiger charge is -2.28. The van der Waals surface area contributed by atoms with Gasteiger partial charge < -0.3 is 39.3 Å². The Hall–Kier alpha value is -3.54. The van der Waals surface area contributed by atoms with E-state index in [1.54, 1.807) is 20.8 Å². The molecule has 12 nitrogen and oxygen atoms in total. The molecule has 5 atom stereocenters. The van der Waals surface area contributed by atoms with Gasteiger partial charge in [-0.2, -0.15) is 0 Å². The molecule has 0 heterocycles. The van der Waals surface area contributed by atoms with Gasteiger partial charge in [0.25, 0.3) is 0 Å². The van der Waals surface area contributed by atoms with Crippen LogP contribution in [0, 0.1) is 17.8 Å². The van der Waals surface area contributed by atoms with E-state index in [1.807, 2.05) is 34.6 Å². The molecule has 0 aromatic heterocycles. The summed E-state index contributed by atoms with van der Waals surface area (Å²) in [7, 11) is 0. The molecule has 226 valence electrons. The van der Waals surface area contributed by atoms with Crippen molar-refractivity contribution in [2.24, 2.45) is 23.5 Å². The number of benzene rings is 1. The van der Waals surface area contributed by atoms with Crippen molar-refractivity contribution < 1.29 is 52.7 Å². The Morgan fingerprint density at radius 3 is 1.80 bits per heavy atom. The van der Waals surface area contributed by atoms with Gasteiger partial charge in [0, 0.05) is 5.92 Å². The molecular formula is C28H43NO11. The number of rotatable bonds is 14. The van der Waals surface area contributed by atoms with Crippen molar-refractivity contribution in [2.75, 3.05) is 13.2 Å². The van der Waals surface area contributed by atoms with Crippen LogP contribution in [0.1, 0.15) is 73.3 Å². The predicted octanol–water partition coefficient (Wildman–Crippen LogP) is 5.50. The largest absolute Gasteiger partial charge is 0.514 e. The monoisotopic (exact) mass is 569 g/mol. The van der Waals surface area contributed by atoms with E-state index >= 15 is 0 Å². The normalized spacial score (nSPS) is 14.9. The number of carboxylic acids is 1. The van der Waals surface area contributed by atoms with Gasteiger partial charge in [-0.1, -0.05) is 47.6 Å². The molecule has 0 aliphatic heterocycles. The summed E-state index contributed by atoms with van der Waals surface area (Å²) in [6.07, 6.45) is -3.28. The van der Waals surface area contributed by atoms with Crippen molar-refractivity contribution in [1.29, 1.82) is 0 Å². The summed E-state index contributed by atoms with van der Waals surface area (Å²) in [6, 6.07) is 2.71. The molecule has 4 unspecified atom stereocenters. The number of nitrogens with two attached hydrogens (primary N) is 1. The summed E-state index contributed by atoms with van der Waals surface area (Å²) in [5, 5.41) is 9.68. The molecule has 1 aromatic carbocycles. The minimum Gasteiger partial charge on any atom is -0.480 e. The number of ether oxygens (including phenoxy) is 6. The molecule has 1 aromatic rings. The molecule has 1 rings (SSSR count). The summed E-state index contributed by atoms with van der Waals surface area (Å²) >= 11 is 0. The Kier molecular flexibility index (Phi) is 14.3. The Morgan fingerprint density at radius 1 is 0.800 bits per heavy atom. The third-order valence-corrected chi connectivity index (χ3v) is 6.35. The molecule has 0 saturated heterocycles. The molecule has 0 aliphatic rings. The fourth-order valence-corrected chi connectivity index (χ4v) is 3.27. The number of hydrogen-bond acceptors (Lipinski definition) is 11. The third-order valence-electron chi connectivity index (χ3n) is 6.35. The van der Waals surface area contributed by atoms with Crippen LogP contribution in [0.15, 0.2) is 18.2 Å². The standard InChI is InChI=1S/C28H43NO11/c1-9-12-35-26(32)36-14-17(6)23(24(29)25(30)31)20-10-11-21(39-27(33)37-18(7)15(2)3)22(13-20)40-28(34)38-19(8)16(4)5/h10-11,13,15-19,23-24H,9,12,14,29H2,1-8H3,(H,30,31)/t17?,18?,19?,23?,24-/m0/s1. The van der Waals surface area contributed by atoms with Crippen molar-refractivity contribution in [2.45, 2.75) is 86.0 Å². The summed E-state index contributed by atoms with van der Waals surface area (Å²) in [6.45, 7) is 14.3. The van der Waals surface area contributed by atoms with Gasteiger partial charge in [-0.15, -0.1) is 0 Å². The highest BCUT2D eigenvalue weighted by Crippen LogP contribution is 2.36. The van der Waals surface area contributed by atoms with Gasteiger partial charge in [0.15, 0.2) is 11.5 Å². The number of carbonyl (C=O) groups is 4. The zero-order valence-electron chi connectivity index (χ0n) is 24.5. The summed E-state index contributed by atoms with van der Waals surface area (Å²) in [4.78, 5) is 48.6. The summed E-state index contributed by atoms with van der Waals surface area (Å²) in [5.41, 5.74) is 6.35. The Balaban J connectivity index is 3.37. The predicted molar refractivity (Wildman–Crippen MR) is 144 cm³/mol. The van der Waals surface area contributed by atoms with Crippen molar-refractivity contribution in [3.8, 4) is 11.5 Å². The fraction of sp³-hybridized carbons (Fsp3) is 0.643. The van der Waals surface area contributed by atoms with Crippen LogP contribution in [0.25, 0.3) is 0 Å².